The van der Waals surface area contributed by atoms with Crippen LogP contribution < -0.4 is 10.6 Å². The van der Waals surface area contributed by atoms with Gasteiger partial charge in [0.1, 0.15) is 0 Å². The van der Waals surface area contributed by atoms with Crippen LogP contribution in [0.4, 0.5) is 11.6 Å². The van der Waals surface area contributed by atoms with E-state index in [-0.39, 0.29) is 5.84 Å². The summed E-state index contributed by atoms with van der Waals surface area (Å²) in [6.45, 7) is 3.76. The molecule has 2 rings (SSSR count). The SMILES string of the molecule is Cc1nnc(N(C)c2ccc(/C(N)=N/O)cc2)nc1C. The van der Waals surface area contributed by atoms with E-state index in [0.29, 0.717) is 11.5 Å². The number of benzene rings is 1. The molecular formula is C13H16N6O. The second-order valence-corrected chi connectivity index (χ2v) is 4.37. The topological polar surface area (TPSA) is 101 Å². The van der Waals surface area contributed by atoms with Crippen molar-refractivity contribution in [1.82, 2.24) is 15.2 Å². The van der Waals surface area contributed by atoms with Gasteiger partial charge in [-0.1, -0.05) is 5.16 Å². The van der Waals surface area contributed by atoms with Crippen LogP contribution in [0.1, 0.15) is 17.0 Å². The largest absolute Gasteiger partial charge is 0.409 e. The lowest BCUT2D eigenvalue weighted by Gasteiger charge is -2.17. The molecule has 0 radical (unpaired) electrons. The maximum Gasteiger partial charge on any atom is 0.249 e. The van der Waals surface area contributed by atoms with Gasteiger partial charge < -0.3 is 15.8 Å². The second-order valence-electron chi connectivity index (χ2n) is 4.37. The average molecular weight is 272 g/mol. The molecule has 0 amide bonds. The lowest BCUT2D eigenvalue weighted by molar-refractivity contribution is 0.318. The summed E-state index contributed by atoms with van der Waals surface area (Å²) in [4.78, 5) is 6.20. The van der Waals surface area contributed by atoms with Crippen molar-refractivity contribution in [3.63, 3.8) is 0 Å². The summed E-state index contributed by atoms with van der Waals surface area (Å²) in [6.07, 6.45) is 0. The van der Waals surface area contributed by atoms with E-state index in [1.165, 1.54) is 0 Å². The van der Waals surface area contributed by atoms with Crippen LogP contribution in [0.15, 0.2) is 29.4 Å². The van der Waals surface area contributed by atoms with Crippen LogP contribution in [-0.2, 0) is 0 Å². The van der Waals surface area contributed by atoms with Crippen LogP contribution >= 0.6 is 0 Å². The molecule has 104 valence electrons. The molecular weight excluding hydrogens is 256 g/mol. The van der Waals surface area contributed by atoms with Crippen LogP contribution in [0.25, 0.3) is 0 Å². The predicted octanol–water partition coefficient (Wildman–Crippen LogP) is 1.35. The van der Waals surface area contributed by atoms with Gasteiger partial charge in [0.15, 0.2) is 5.84 Å². The summed E-state index contributed by atoms with van der Waals surface area (Å²) >= 11 is 0. The van der Waals surface area contributed by atoms with E-state index in [1.54, 1.807) is 12.1 Å². The van der Waals surface area contributed by atoms with Crippen molar-refractivity contribution in [3.05, 3.63) is 41.2 Å². The van der Waals surface area contributed by atoms with E-state index in [4.69, 9.17) is 10.9 Å². The molecule has 0 aliphatic rings. The fourth-order valence-corrected chi connectivity index (χ4v) is 1.62. The summed E-state index contributed by atoms with van der Waals surface area (Å²) < 4.78 is 0. The maximum atomic E-state index is 8.63. The molecule has 0 saturated heterocycles. The highest BCUT2D eigenvalue weighted by atomic mass is 16.4. The quantitative estimate of drug-likeness (QED) is 0.378. The molecule has 1 heterocycles. The summed E-state index contributed by atoms with van der Waals surface area (Å²) in [5, 5.41) is 19.7. The molecule has 0 fully saturated rings. The van der Waals surface area contributed by atoms with Gasteiger partial charge in [0, 0.05) is 18.3 Å². The smallest absolute Gasteiger partial charge is 0.249 e. The Morgan fingerprint density at radius 1 is 1.15 bits per heavy atom. The van der Waals surface area contributed by atoms with Gasteiger partial charge >= 0.3 is 0 Å². The van der Waals surface area contributed by atoms with Gasteiger partial charge in [-0.05, 0) is 38.1 Å². The van der Waals surface area contributed by atoms with Gasteiger partial charge in [-0.3, -0.25) is 0 Å². The Labute approximate surface area is 116 Å². The van der Waals surface area contributed by atoms with E-state index in [1.807, 2.05) is 37.9 Å². The Kier molecular flexibility index (Phi) is 3.79. The number of nitrogens with two attached hydrogens (primary N) is 1. The number of amidine groups is 1. The predicted molar refractivity (Wildman–Crippen MR) is 76.3 cm³/mol. The number of anilines is 2. The zero-order valence-electron chi connectivity index (χ0n) is 11.6. The van der Waals surface area contributed by atoms with Gasteiger partial charge in [-0.25, -0.2) is 4.98 Å². The molecule has 3 N–H and O–H groups in total. The summed E-state index contributed by atoms with van der Waals surface area (Å²) in [7, 11) is 1.85. The summed E-state index contributed by atoms with van der Waals surface area (Å²) in [5.74, 6) is 0.591. The number of rotatable bonds is 3. The Morgan fingerprint density at radius 2 is 1.80 bits per heavy atom. The normalized spacial score (nSPS) is 11.4. The first-order valence-electron chi connectivity index (χ1n) is 6.02. The molecule has 0 aliphatic carbocycles. The summed E-state index contributed by atoms with van der Waals surface area (Å²) in [5.41, 5.74) is 8.69. The van der Waals surface area contributed by atoms with Crippen LogP contribution in [0.5, 0.6) is 0 Å². The molecule has 7 nitrogen and oxygen atoms in total. The van der Waals surface area contributed by atoms with Crippen LogP contribution in [0.3, 0.4) is 0 Å². The van der Waals surface area contributed by atoms with Gasteiger partial charge in [-0.2, -0.15) is 5.10 Å². The van der Waals surface area contributed by atoms with Crippen molar-refractivity contribution in [1.29, 1.82) is 0 Å². The molecule has 0 spiro atoms. The summed E-state index contributed by atoms with van der Waals surface area (Å²) in [6, 6.07) is 7.20. The van der Waals surface area contributed by atoms with E-state index < -0.39 is 0 Å². The minimum Gasteiger partial charge on any atom is -0.409 e. The standard InChI is InChI=1S/C13H16N6O/c1-8-9(2)16-17-13(15-8)19(3)11-6-4-10(5-7-11)12(14)18-20/h4-7,20H,1-3H3,(H2,14,18). The minimum absolute atomic E-state index is 0.0725. The second kappa shape index (κ2) is 5.52. The third-order valence-corrected chi connectivity index (χ3v) is 3.04. The Bertz CT molecular complexity index is 638. The number of aryl methyl sites for hydroxylation is 2. The zero-order valence-corrected chi connectivity index (χ0v) is 11.6. The number of oxime groups is 1. The highest BCUT2D eigenvalue weighted by Gasteiger charge is 2.09. The van der Waals surface area contributed by atoms with Crippen molar-refractivity contribution < 1.29 is 5.21 Å². The van der Waals surface area contributed by atoms with Crippen molar-refractivity contribution >= 4 is 17.5 Å². The van der Waals surface area contributed by atoms with Gasteiger partial charge in [0.05, 0.1) is 11.4 Å². The molecule has 7 heteroatoms. The molecule has 0 unspecified atom stereocenters. The Balaban J connectivity index is 2.28. The van der Waals surface area contributed by atoms with Crippen molar-refractivity contribution in [2.45, 2.75) is 13.8 Å². The first-order chi connectivity index (χ1) is 9.52. The molecule has 20 heavy (non-hydrogen) atoms. The van der Waals surface area contributed by atoms with Crippen LogP contribution in [0.2, 0.25) is 0 Å². The van der Waals surface area contributed by atoms with E-state index >= 15 is 0 Å². The minimum atomic E-state index is 0.0725. The van der Waals surface area contributed by atoms with Crippen molar-refractivity contribution in [3.8, 4) is 0 Å². The zero-order chi connectivity index (χ0) is 14.7. The fraction of sp³-hybridized carbons (Fsp3) is 0.231. The van der Waals surface area contributed by atoms with Gasteiger partial charge in [0.25, 0.3) is 0 Å². The third kappa shape index (κ3) is 2.66. The molecule has 0 atom stereocenters. The molecule has 1 aromatic heterocycles. The monoisotopic (exact) mass is 272 g/mol. The molecule has 2 aromatic rings. The number of nitrogens with zero attached hydrogens (tertiary/aromatic N) is 5. The first-order valence-corrected chi connectivity index (χ1v) is 6.02. The third-order valence-electron chi connectivity index (χ3n) is 3.04. The number of hydrogen-bond acceptors (Lipinski definition) is 6. The Hall–Kier alpha value is -2.70. The molecule has 0 saturated carbocycles. The van der Waals surface area contributed by atoms with Crippen molar-refractivity contribution in [2.75, 3.05) is 11.9 Å². The molecule has 1 aromatic carbocycles. The Morgan fingerprint density at radius 3 is 2.35 bits per heavy atom. The van der Waals surface area contributed by atoms with Gasteiger partial charge in [0.2, 0.25) is 5.95 Å². The average Bonchev–Trinajstić information content (AvgIpc) is 2.48. The number of aromatic nitrogens is 3. The van der Waals surface area contributed by atoms with Gasteiger partial charge in [-0.15, -0.1) is 5.10 Å². The van der Waals surface area contributed by atoms with Crippen LogP contribution in [0, 0.1) is 13.8 Å². The lowest BCUT2D eigenvalue weighted by atomic mass is 10.2. The molecule has 0 aliphatic heterocycles. The highest BCUT2D eigenvalue weighted by molar-refractivity contribution is 5.97. The first kappa shape index (κ1) is 13.7. The molecule has 0 bridgehead atoms. The highest BCUT2D eigenvalue weighted by Crippen LogP contribution is 2.20. The maximum absolute atomic E-state index is 8.63. The number of hydrogen-bond donors (Lipinski definition) is 2. The van der Waals surface area contributed by atoms with E-state index in [0.717, 1.165) is 17.1 Å². The van der Waals surface area contributed by atoms with E-state index in [2.05, 4.69) is 20.3 Å². The van der Waals surface area contributed by atoms with Crippen LogP contribution in [-0.4, -0.2) is 33.3 Å². The van der Waals surface area contributed by atoms with E-state index in [9.17, 15) is 0 Å². The lowest BCUT2D eigenvalue weighted by Crippen LogP contribution is -2.16. The fourth-order valence-electron chi connectivity index (χ4n) is 1.62. The van der Waals surface area contributed by atoms with Crippen molar-refractivity contribution in [2.24, 2.45) is 10.9 Å².